The van der Waals surface area contributed by atoms with Crippen LogP contribution in [0.1, 0.15) is 90.4 Å². The first-order valence-corrected chi connectivity index (χ1v) is 10.0. The van der Waals surface area contributed by atoms with E-state index in [0.717, 1.165) is 19.5 Å². The van der Waals surface area contributed by atoms with E-state index in [2.05, 4.69) is 29.0 Å². The Kier molecular flexibility index (Phi) is 13.0. The lowest BCUT2D eigenvalue weighted by Crippen LogP contribution is -2.38. The second kappa shape index (κ2) is 14.7. The van der Waals surface area contributed by atoms with Crippen molar-refractivity contribution in [3.63, 3.8) is 0 Å². The molecule has 2 N–H and O–H groups in total. The highest BCUT2D eigenvalue weighted by atomic mass is 15.3. The van der Waals surface area contributed by atoms with Gasteiger partial charge in [-0.15, -0.1) is 0 Å². The molecule has 0 aromatic carbocycles. The number of unbranched alkanes of at least 4 members (excludes halogenated alkanes) is 12. The molecule has 0 aromatic rings. The Balaban J connectivity index is 1.78. The second-order valence-corrected chi connectivity index (χ2v) is 6.86. The number of hydrogen-bond acceptors (Lipinski definition) is 3. The van der Waals surface area contributed by atoms with Gasteiger partial charge in [0, 0.05) is 6.54 Å². The summed E-state index contributed by atoms with van der Waals surface area (Å²) in [5.74, 6) is 0. The van der Waals surface area contributed by atoms with E-state index in [0.29, 0.717) is 0 Å². The van der Waals surface area contributed by atoms with Gasteiger partial charge in [-0.1, -0.05) is 89.7 Å². The van der Waals surface area contributed by atoms with E-state index in [-0.39, 0.29) is 6.17 Å². The molecule has 0 amide bonds. The quantitative estimate of drug-likeness (QED) is 0.330. The van der Waals surface area contributed by atoms with Crippen molar-refractivity contribution in [1.29, 1.82) is 0 Å². The summed E-state index contributed by atoms with van der Waals surface area (Å²) in [4.78, 5) is 6.29. The molecule has 0 fully saturated rings. The highest BCUT2D eigenvalue weighted by molar-refractivity contribution is 5.57. The van der Waals surface area contributed by atoms with Crippen LogP contribution in [0.15, 0.2) is 17.1 Å². The van der Waals surface area contributed by atoms with E-state index in [4.69, 9.17) is 5.73 Å². The monoisotopic (exact) mass is 321 g/mol. The van der Waals surface area contributed by atoms with Gasteiger partial charge in [0.25, 0.3) is 0 Å². The van der Waals surface area contributed by atoms with E-state index in [9.17, 15) is 0 Å². The molecule has 23 heavy (non-hydrogen) atoms. The summed E-state index contributed by atoms with van der Waals surface area (Å²) in [5.41, 5.74) is 6.07. The molecule has 0 bridgehead atoms. The fourth-order valence-corrected chi connectivity index (χ4v) is 3.07. The molecule has 0 radical (unpaired) electrons. The number of nitrogens with zero attached hydrogens (tertiary/aromatic N) is 2. The van der Waals surface area contributed by atoms with Crippen molar-refractivity contribution in [2.75, 3.05) is 13.1 Å². The lowest BCUT2D eigenvalue weighted by atomic mass is 10.0. The van der Waals surface area contributed by atoms with E-state index in [1.165, 1.54) is 77.0 Å². The Labute approximate surface area is 144 Å². The molecule has 3 nitrogen and oxygen atoms in total. The first kappa shape index (κ1) is 20.2. The van der Waals surface area contributed by atoms with Crippen LogP contribution in [0.2, 0.25) is 0 Å². The highest BCUT2D eigenvalue weighted by Gasteiger charge is 2.10. The van der Waals surface area contributed by atoms with E-state index < -0.39 is 0 Å². The number of allylic oxidation sites excluding steroid dienone is 1. The molecule has 1 atom stereocenters. The summed E-state index contributed by atoms with van der Waals surface area (Å²) in [6, 6.07) is 0. The summed E-state index contributed by atoms with van der Waals surface area (Å²) in [6.45, 7) is 4.14. The average Bonchev–Trinajstić information content (AvgIpc) is 3.09. The standard InChI is InChI=1S/C20H39N3/c1-2-3-4-5-6-7-8-9-10-11-12-13-14-15-16-20(21)23-18-17-22-19-23/h15-16,19-20H,2-14,17-18,21H2,1H3. The molecule has 0 aliphatic carbocycles. The maximum Gasteiger partial charge on any atom is 0.0970 e. The zero-order chi connectivity index (χ0) is 16.6. The van der Waals surface area contributed by atoms with Gasteiger partial charge in [-0.25, -0.2) is 0 Å². The lowest BCUT2D eigenvalue weighted by molar-refractivity contribution is 0.406. The van der Waals surface area contributed by atoms with Crippen LogP contribution in [-0.4, -0.2) is 30.5 Å². The predicted octanol–water partition coefficient (Wildman–Crippen LogP) is 5.26. The third kappa shape index (κ3) is 11.4. The molecule has 3 heteroatoms. The minimum absolute atomic E-state index is 0.0126. The van der Waals surface area contributed by atoms with Crippen LogP contribution in [0.4, 0.5) is 0 Å². The third-order valence-corrected chi connectivity index (χ3v) is 4.66. The van der Waals surface area contributed by atoms with Crippen molar-refractivity contribution >= 4 is 6.34 Å². The van der Waals surface area contributed by atoms with Crippen LogP contribution in [0.3, 0.4) is 0 Å². The third-order valence-electron chi connectivity index (χ3n) is 4.66. The molecule has 0 aromatic heterocycles. The molecule has 1 aliphatic rings. The van der Waals surface area contributed by atoms with Crippen LogP contribution in [0.25, 0.3) is 0 Å². The van der Waals surface area contributed by atoms with E-state index >= 15 is 0 Å². The van der Waals surface area contributed by atoms with Gasteiger partial charge in [0.1, 0.15) is 0 Å². The largest absolute Gasteiger partial charge is 0.342 e. The van der Waals surface area contributed by atoms with Crippen LogP contribution >= 0.6 is 0 Å². The summed E-state index contributed by atoms with van der Waals surface area (Å²) >= 11 is 0. The summed E-state index contributed by atoms with van der Waals surface area (Å²) in [6.07, 6.45) is 24.3. The summed E-state index contributed by atoms with van der Waals surface area (Å²) in [7, 11) is 0. The second-order valence-electron chi connectivity index (χ2n) is 6.86. The van der Waals surface area contributed by atoms with Gasteiger partial charge in [0.05, 0.1) is 19.0 Å². The van der Waals surface area contributed by atoms with Gasteiger partial charge in [-0.3, -0.25) is 4.99 Å². The first-order chi connectivity index (χ1) is 11.3. The average molecular weight is 322 g/mol. The molecule has 134 valence electrons. The zero-order valence-corrected chi connectivity index (χ0v) is 15.4. The number of hydrogen-bond donors (Lipinski definition) is 1. The number of nitrogens with two attached hydrogens (primary N) is 1. The first-order valence-electron chi connectivity index (χ1n) is 10.0. The minimum Gasteiger partial charge on any atom is -0.342 e. The van der Waals surface area contributed by atoms with E-state index in [1.807, 2.05) is 6.34 Å². The normalized spacial score (nSPS) is 15.8. The topological polar surface area (TPSA) is 41.6 Å². The molecule has 1 unspecified atom stereocenters. The van der Waals surface area contributed by atoms with Gasteiger partial charge in [0.2, 0.25) is 0 Å². The molecule has 1 aliphatic heterocycles. The fourth-order valence-electron chi connectivity index (χ4n) is 3.07. The maximum absolute atomic E-state index is 6.07. The van der Waals surface area contributed by atoms with Crippen LogP contribution in [-0.2, 0) is 0 Å². The minimum atomic E-state index is 0.0126. The Morgan fingerprint density at radius 3 is 2.04 bits per heavy atom. The molecule has 0 spiro atoms. The van der Waals surface area contributed by atoms with Crippen LogP contribution in [0, 0.1) is 0 Å². The van der Waals surface area contributed by atoms with Crippen molar-refractivity contribution in [3.05, 3.63) is 12.2 Å². The molecular formula is C20H39N3. The van der Waals surface area contributed by atoms with Gasteiger partial charge in [-0.2, -0.15) is 0 Å². The SMILES string of the molecule is CCCCCCCCCCCCCCC=CC(N)N1C=NCC1. The number of rotatable bonds is 15. The van der Waals surface area contributed by atoms with Gasteiger partial charge in [-0.05, 0) is 12.8 Å². The number of aliphatic imine (C=N–C) groups is 1. The molecular weight excluding hydrogens is 282 g/mol. The van der Waals surface area contributed by atoms with E-state index in [1.54, 1.807) is 0 Å². The Bertz CT molecular complexity index is 312. The smallest absolute Gasteiger partial charge is 0.0970 e. The molecule has 1 heterocycles. The Morgan fingerprint density at radius 2 is 1.52 bits per heavy atom. The predicted molar refractivity (Wildman–Crippen MR) is 103 cm³/mol. The summed E-state index contributed by atoms with van der Waals surface area (Å²) < 4.78 is 0. The van der Waals surface area contributed by atoms with Crippen molar-refractivity contribution in [2.45, 2.75) is 96.6 Å². The molecule has 0 saturated heterocycles. The van der Waals surface area contributed by atoms with Gasteiger partial charge < -0.3 is 10.6 Å². The highest BCUT2D eigenvalue weighted by Crippen LogP contribution is 2.12. The Morgan fingerprint density at radius 1 is 0.957 bits per heavy atom. The van der Waals surface area contributed by atoms with Crippen LogP contribution in [0.5, 0.6) is 0 Å². The van der Waals surface area contributed by atoms with Gasteiger partial charge in [0.15, 0.2) is 0 Å². The summed E-state index contributed by atoms with van der Waals surface area (Å²) in [5, 5.41) is 0. The fraction of sp³-hybridized carbons (Fsp3) is 0.850. The van der Waals surface area contributed by atoms with Crippen molar-refractivity contribution in [1.82, 2.24) is 4.90 Å². The van der Waals surface area contributed by atoms with Crippen molar-refractivity contribution in [2.24, 2.45) is 10.7 Å². The van der Waals surface area contributed by atoms with Crippen LogP contribution < -0.4 is 5.73 Å². The molecule has 0 saturated carbocycles. The maximum atomic E-state index is 6.07. The van der Waals surface area contributed by atoms with Crippen molar-refractivity contribution in [3.8, 4) is 0 Å². The Hall–Kier alpha value is -0.830. The van der Waals surface area contributed by atoms with Gasteiger partial charge >= 0.3 is 0 Å². The molecule has 1 rings (SSSR count). The lowest BCUT2D eigenvalue weighted by Gasteiger charge is -2.19. The van der Waals surface area contributed by atoms with Crippen molar-refractivity contribution < 1.29 is 0 Å². The zero-order valence-electron chi connectivity index (χ0n) is 15.4.